The molecule has 0 saturated carbocycles. The van der Waals surface area contributed by atoms with Crippen LogP contribution in [-0.4, -0.2) is 24.8 Å². The second-order valence-corrected chi connectivity index (χ2v) is 8.30. The van der Waals surface area contributed by atoms with Gasteiger partial charge in [-0.1, -0.05) is 84.6 Å². The van der Waals surface area contributed by atoms with Crippen LogP contribution in [0, 0.1) is 30.6 Å². The zero-order valence-corrected chi connectivity index (χ0v) is 20.3. The first-order valence-electron chi connectivity index (χ1n) is 11.9. The smallest absolute Gasteiger partial charge is 0.337 e. The van der Waals surface area contributed by atoms with Gasteiger partial charge in [-0.25, -0.2) is 4.79 Å². The molecule has 180 valence electrons. The molecule has 0 saturated heterocycles. The maximum absolute atomic E-state index is 13.6. The second-order valence-electron chi connectivity index (χ2n) is 8.30. The highest BCUT2D eigenvalue weighted by Gasteiger charge is 2.39. The molecule has 1 heterocycles. The van der Waals surface area contributed by atoms with Crippen molar-refractivity contribution in [1.82, 2.24) is 0 Å². The zero-order valence-electron chi connectivity index (χ0n) is 20.3. The van der Waals surface area contributed by atoms with E-state index in [0.717, 1.165) is 22.3 Å². The van der Waals surface area contributed by atoms with Crippen molar-refractivity contribution >= 4 is 23.9 Å². The maximum Gasteiger partial charge on any atom is 0.337 e. The Labute approximate surface area is 211 Å². The second kappa shape index (κ2) is 11.8. The van der Waals surface area contributed by atoms with Gasteiger partial charge in [-0.05, 0) is 37.1 Å². The van der Waals surface area contributed by atoms with Crippen molar-refractivity contribution in [2.75, 3.05) is 6.61 Å². The highest BCUT2D eigenvalue weighted by molar-refractivity contribution is 6.05. The molecule has 3 aromatic carbocycles. The Bertz CT molecular complexity index is 1350. The fourth-order valence-electron chi connectivity index (χ4n) is 3.96. The van der Waals surface area contributed by atoms with Crippen molar-refractivity contribution in [3.8, 4) is 11.8 Å². The van der Waals surface area contributed by atoms with E-state index in [2.05, 4.69) is 16.8 Å². The first-order valence-corrected chi connectivity index (χ1v) is 11.9. The van der Waals surface area contributed by atoms with E-state index in [1.807, 2.05) is 91.9 Å². The number of carbonyl (C=O) groups is 2. The van der Waals surface area contributed by atoms with Crippen LogP contribution in [0.15, 0.2) is 95.5 Å². The number of esters is 2. The molecule has 0 spiro atoms. The van der Waals surface area contributed by atoms with E-state index < -0.39 is 23.8 Å². The molecule has 0 N–H and O–H groups in total. The van der Waals surface area contributed by atoms with E-state index >= 15 is 0 Å². The maximum atomic E-state index is 13.6. The Morgan fingerprint density at radius 2 is 1.56 bits per heavy atom. The molecule has 36 heavy (non-hydrogen) atoms. The Kier molecular flexibility index (Phi) is 8.10. The molecule has 4 rings (SSSR count). The summed E-state index contributed by atoms with van der Waals surface area (Å²) in [4.78, 5) is 31.1. The fraction of sp³-hybridized carbons (Fsp3) is 0.194. The summed E-state index contributed by atoms with van der Waals surface area (Å²) in [5, 5.41) is 0. The van der Waals surface area contributed by atoms with Gasteiger partial charge in [-0.15, -0.1) is 0 Å². The van der Waals surface area contributed by atoms with Crippen LogP contribution in [0.2, 0.25) is 0 Å². The third-order valence-electron chi connectivity index (χ3n) is 5.88. The predicted molar refractivity (Wildman–Crippen MR) is 140 cm³/mol. The molecule has 5 nitrogen and oxygen atoms in total. The number of benzene rings is 3. The molecule has 0 fully saturated rings. The highest BCUT2D eigenvalue weighted by Crippen LogP contribution is 2.35. The molecular formula is C31H27NO4. The van der Waals surface area contributed by atoms with Crippen LogP contribution in [0.5, 0.6) is 0 Å². The molecule has 3 aromatic rings. The van der Waals surface area contributed by atoms with Gasteiger partial charge in [0, 0.05) is 17.3 Å². The molecule has 0 bridgehead atoms. The number of rotatable bonds is 6. The van der Waals surface area contributed by atoms with Crippen LogP contribution < -0.4 is 0 Å². The highest BCUT2D eigenvalue weighted by atomic mass is 16.5. The largest absolute Gasteiger partial charge is 0.465 e. The molecule has 2 unspecified atom stereocenters. The Morgan fingerprint density at radius 3 is 2.25 bits per heavy atom. The van der Waals surface area contributed by atoms with E-state index in [-0.39, 0.29) is 18.8 Å². The van der Waals surface area contributed by atoms with E-state index in [0.29, 0.717) is 5.70 Å². The molecule has 1 aliphatic rings. The summed E-state index contributed by atoms with van der Waals surface area (Å²) >= 11 is 0. The number of hydrogen-bond donors (Lipinski definition) is 0. The molecule has 0 aromatic heterocycles. The lowest BCUT2D eigenvalue weighted by molar-refractivity contribution is -0.146. The van der Waals surface area contributed by atoms with Crippen molar-refractivity contribution in [3.05, 3.63) is 113 Å². The van der Waals surface area contributed by atoms with Crippen LogP contribution >= 0.6 is 0 Å². The number of ether oxygens (including phenoxy) is 2. The lowest BCUT2D eigenvalue weighted by Gasteiger charge is -2.26. The third-order valence-corrected chi connectivity index (χ3v) is 5.88. The van der Waals surface area contributed by atoms with Crippen molar-refractivity contribution in [3.63, 3.8) is 0 Å². The van der Waals surface area contributed by atoms with E-state index in [1.165, 1.54) is 6.21 Å². The van der Waals surface area contributed by atoms with Gasteiger partial charge >= 0.3 is 11.9 Å². The summed E-state index contributed by atoms with van der Waals surface area (Å²) in [6.07, 6.45) is 1.53. The number of hydrogen-bond acceptors (Lipinski definition) is 5. The Balaban J connectivity index is 1.79. The lowest BCUT2D eigenvalue weighted by atomic mass is 9.82. The monoisotopic (exact) mass is 477 g/mol. The minimum atomic E-state index is -0.838. The lowest BCUT2D eigenvalue weighted by Crippen LogP contribution is -2.33. The van der Waals surface area contributed by atoms with Gasteiger partial charge in [0.25, 0.3) is 0 Å². The summed E-state index contributed by atoms with van der Waals surface area (Å²) in [7, 11) is 0. The predicted octanol–water partition coefficient (Wildman–Crippen LogP) is 5.38. The van der Waals surface area contributed by atoms with Gasteiger partial charge in [-0.3, -0.25) is 9.79 Å². The first kappa shape index (κ1) is 24.7. The minimum Gasteiger partial charge on any atom is -0.465 e. The summed E-state index contributed by atoms with van der Waals surface area (Å²) in [5.74, 6) is 3.62. The van der Waals surface area contributed by atoms with Crippen LogP contribution in [0.25, 0.3) is 5.70 Å². The third kappa shape index (κ3) is 5.79. The molecule has 2 atom stereocenters. The standard InChI is InChI=1S/C31H27NO4/c1-3-35-30(33)27-20-32-29(24-15-8-5-9-16-24)28(26(27)19-18-23-13-6-4-7-14-23)31(34)36-21-25-17-11-10-12-22(25)2/h4-17,20,26-27H,3,21H2,1-2H3. The molecular weight excluding hydrogens is 450 g/mol. The number of carbonyl (C=O) groups excluding carboxylic acids is 2. The zero-order chi connectivity index (χ0) is 25.3. The molecule has 0 amide bonds. The topological polar surface area (TPSA) is 65.0 Å². The van der Waals surface area contributed by atoms with Crippen molar-refractivity contribution < 1.29 is 19.1 Å². The van der Waals surface area contributed by atoms with Crippen LogP contribution in [0.4, 0.5) is 0 Å². The average Bonchev–Trinajstić information content (AvgIpc) is 2.92. The van der Waals surface area contributed by atoms with Crippen molar-refractivity contribution in [2.24, 2.45) is 16.8 Å². The summed E-state index contributed by atoms with van der Waals surface area (Å²) in [5.41, 5.74) is 4.13. The molecule has 0 radical (unpaired) electrons. The van der Waals surface area contributed by atoms with Crippen molar-refractivity contribution in [2.45, 2.75) is 20.5 Å². The number of aliphatic imine (C=N–C) groups is 1. The average molecular weight is 478 g/mol. The van der Waals surface area contributed by atoms with Crippen LogP contribution in [0.1, 0.15) is 29.2 Å². The van der Waals surface area contributed by atoms with E-state index in [1.54, 1.807) is 6.92 Å². The van der Waals surface area contributed by atoms with Gasteiger partial charge in [-0.2, -0.15) is 0 Å². The molecule has 1 aliphatic heterocycles. The quantitative estimate of drug-likeness (QED) is 0.353. The molecule has 5 heteroatoms. The summed E-state index contributed by atoms with van der Waals surface area (Å²) in [6.45, 7) is 4.02. The van der Waals surface area contributed by atoms with Crippen molar-refractivity contribution in [1.29, 1.82) is 0 Å². The molecule has 0 aliphatic carbocycles. The number of aryl methyl sites for hydroxylation is 1. The normalized spacial score (nSPS) is 16.6. The van der Waals surface area contributed by atoms with Gasteiger partial charge < -0.3 is 9.47 Å². The SMILES string of the molecule is CCOC(=O)C1C=NC(c2ccccc2)=C(C(=O)OCc2ccccc2C)C1C#Cc1ccccc1. The van der Waals surface area contributed by atoms with E-state index in [9.17, 15) is 9.59 Å². The van der Waals surface area contributed by atoms with Gasteiger partial charge in [0.05, 0.1) is 23.8 Å². The first-order chi connectivity index (χ1) is 17.6. The van der Waals surface area contributed by atoms with E-state index in [4.69, 9.17) is 9.47 Å². The summed E-state index contributed by atoms with van der Waals surface area (Å²) < 4.78 is 11.1. The fourth-order valence-corrected chi connectivity index (χ4v) is 3.96. The Morgan fingerprint density at radius 1 is 0.889 bits per heavy atom. The van der Waals surface area contributed by atoms with Gasteiger partial charge in [0.1, 0.15) is 12.5 Å². The minimum absolute atomic E-state index is 0.101. The van der Waals surface area contributed by atoms with Gasteiger partial charge in [0.15, 0.2) is 0 Å². The number of nitrogens with zero attached hydrogens (tertiary/aromatic N) is 1. The Hall–Kier alpha value is -4.43. The van der Waals surface area contributed by atoms with Gasteiger partial charge in [0.2, 0.25) is 0 Å². The summed E-state index contributed by atoms with van der Waals surface area (Å²) in [6, 6.07) is 26.5. The van der Waals surface area contributed by atoms with Crippen LogP contribution in [0.3, 0.4) is 0 Å². The van der Waals surface area contributed by atoms with Crippen LogP contribution in [-0.2, 0) is 25.7 Å².